The van der Waals surface area contributed by atoms with Gasteiger partial charge in [-0.15, -0.1) is 6.58 Å². The van der Waals surface area contributed by atoms with E-state index >= 15 is 0 Å². The van der Waals surface area contributed by atoms with Crippen LogP contribution in [0.1, 0.15) is 19.8 Å². The van der Waals surface area contributed by atoms with Crippen molar-refractivity contribution in [3.63, 3.8) is 0 Å². The number of benzene rings is 1. The predicted molar refractivity (Wildman–Crippen MR) is 79.8 cm³/mol. The van der Waals surface area contributed by atoms with Crippen LogP contribution in [-0.4, -0.2) is 18.3 Å². The number of nitrogens with zero attached hydrogens (tertiary/aromatic N) is 1. The SMILES string of the molecule is C=CCCC(=O)C(C#N)C(=O)Nc1ccccc1OCC. The van der Waals surface area contributed by atoms with Crippen molar-refractivity contribution >= 4 is 17.4 Å². The first kappa shape index (κ1) is 16.4. The van der Waals surface area contributed by atoms with Gasteiger partial charge in [0.1, 0.15) is 5.75 Å². The molecule has 0 radical (unpaired) electrons. The fourth-order valence-corrected chi connectivity index (χ4v) is 1.72. The van der Waals surface area contributed by atoms with Crippen molar-refractivity contribution in [2.75, 3.05) is 11.9 Å². The average molecular weight is 286 g/mol. The molecule has 5 nitrogen and oxygen atoms in total. The minimum atomic E-state index is -1.32. The van der Waals surface area contributed by atoms with Gasteiger partial charge in [0.25, 0.3) is 0 Å². The van der Waals surface area contributed by atoms with Gasteiger partial charge in [-0.05, 0) is 25.5 Å². The molecular weight excluding hydrogens is 268 g/mol. The predicted octanol–water partition coefficient (Wildman–Crippen LogP) is 2.70. The molecule has 1 aromatic rings. The lowest BCUT2D eigenvalue weighted by molar-refractivity contribution is -0.128. The zero-order valence-electron chi connectivity index (χ0n) is 12.0. The molecule has 0 aliphatic rings. The van der Waals surface area contributed by atoms with Crippen LogP contribution in [0, 0.1) is 17.2 Å². The van der Waals surface area contributed by atoms with E-state index in [0.29, 0.717) is 24.5 Å². The van der Waals surface area contributed by atoms with Crippen molar-refractivity contribution in [3.8, 4) is 11.8 Å². The highest BCUT2D eigenvalue weighted by Crippen LogP contribution is 2.24. The summed E-state index contributed by atoms with van der Waals surface area (Å²) >= 11 is 0. The smallest absolute Gasteiger partial charge is 0.249 e. The first-order valence-corrected chi connectivity index (χ1v) is 6.70. The van der Waals surface area contributed by atoms with Crippen LogP contribution < -0.4 is 10.1 Å². The number of carbonyl (C=O) groups excluding carboxylic acids is 2. The molecule has 1 atom stereocenters. The van der Waals surface area contributed by atoms with Crippen LogP contribution in [0.15, 0.2) is 36.9 Å². The van der Waals surface area contributed by atoms with Gasteiger partial charge in [0.2, 0.25) is 5.91 Å². The number of nitriles is 1. The van der Waals surface area contributed by atoms with Gasteiger partial charge in [0, 0.05) is 6.42 Å². The lowest BCUT2D eigenvalue weighted by Crippen LogP contribution is -2.28. The minimum absolute atomic E-state index is 0.127. The van der Waals surface area contributed by atoms with Gasteiger partial charge in [-0.3, -0.25) is 9.59 Å². The third-order valence-electron chi connectivity index (χ3n) is 2.75. The number of hydrogen-bond donors (Lipinski definition) is 1. The molecule has 0 aromatic heterocycles. The van der Waals surface area contributed by atoms with Crippen LogP contribution in [0.3, 0.4) is 0 Å². The molecule has 0 bridgehead atoms. The number of nitrogens with one attached hydrogen (secondary N) is 1. The number of allylic oxidation sites excluding steroid dienone is 1. The van der Waals surface area contributed by atoms with E-state index in [0.717, 1.165) is 0 Å². The standard InChI is InChI=1S/C16H18N2O3/c1-3-5-9-14(19)12(11-17)16(20)18-13-8-6-7-10-15(13)21-4-2/h3,6-8,10,12H,1,4-5,9H2,2H3,(H,18,20). The Hall–Kier alpha value is -2.61. The highest BCUT2D eigenvalue weighted by Gasteiger charge is 2.26. The average Bonchev–Trinajstić information content (AvgIpc) is 2.48. The van der Waals surface area contributed by atoms with Gasteiger partial charge in [-0.25, -0.2) is 0 Å². The summed E-state index contributed by atoms with van der Waals surface area (Å²) in [5.74, 6) is -1.87. The molecule has 0 fully saturated rings. The van der Waals surface area contributed by atoms with Crippen LogP contribution in [0.4, 0.5) is 5.69 Å². The molecule has 0 aliphatic heterocycles. The van der Waals surface area contributed by atoms with Crippen LogP contribution in [0.5, 0.6) is 5.75 Å². The maximum atomic E-state index is 12.1. The summed E-state index contributed by atoms with van der Waals surface area (Å²) in [6.45, 7) is 5.79. The van der Waals surface area contributed by atoms with Gasteiger partial charge in [0.15, 0.2) is 11.7 Å². The monoisotopic (exact) mass is 286 g/mol. The summed E-state index contributed by atoms with van der Waals surface area (Å²) < 4.78 is 5.38. The normalized spacial score (nSPS) is 11.0. The van der Waals surface area contributed by atoms with E-state index in [1.807, 2.05) is 6.92 Å². The number of anilines is 1. The Kier molecular flexibility index (Phi) is 6.69. The van der Waals surface area contributed by atoms with Crippen molar-refractivity contribution in [1.29, 1.82) is 5.26 Å². The molecule has 21 heavy (non-hydrogen) atoms. The van der Waals surface area contributed by atoms with Crippen LogP contribution in [0.2, 0.25) is 0 Å². The number of para-hydroxylation sites is 2. The van der Waals surface area contributed by atoms with Gasteiger partial charge in [-0.1, -0.05) is 18.2 Å². The molecule has 1 unspecified atom stereocenters. The van der Waals surface area contributed by atoms with E-state index in [9.17, 15) is 9.59 Å². The fraction of sp³-hybridized carbons (Fsp3) is 0.312. The maximum Gasteiger partial charge on any atom is 0.249 e. The highest BCUT2D eigenvalue weighted by molar-refractivity contribution is 6.09. The topological polar surface area (TPSA) is 79.2 Å². The number of hydrogen-bond acceptors (Lipinski definition) is 4. The number of carbonyl (C=O) groups is 2. The van der Waals surface area contributed by atoms with Gasteiger partial charge in [0.05, 0.1) is 18.4 Å². The van der Waals surface area contributed by atoms with Crippen LogP contribution in [-0.2, 0) is 9.59 Å². The molecule has 110 valence electrons. The zero-order valence-corrected chi connectivity index (χ0v) is 12.0. The Morgan fingerprint density at radius 1 is 1.48 bits per heavy atom. The molecule has 0 saturated carbocycles. The lowest BCUT2D eigenvalue weighted by Gasteiger charge is -2.13. The van der Waals surface area contributed by atoms with E-state index < -0.39 is 17.6 Å². The van der Waals surface area contributed by atoms with E-state index in [-0.39, 0.29) is 6.42 Å². The van der Waals surface area contributed by atoms with Crippen LogP contribution >= 0.6 is 0 Å². The second kappa shape index (κ2) is 8.54. The molecular formula is C16H18N2O3. The summed E-state index contributed by atoms with van der Waals surface area (Å²) in [4.78, 5) is 23.9. The first-order valence-electron chi connectivity index (χ1n) is 6.70. The molecule has 1 rings (SSSR count). The fourth-order valence-electron chi connectivity index (χ4n) is 1.72. The molecule has 1 amide bonds. The summed E-state index contributed by atoms with van der Waals surface area (Å²) in [6.07, 6.45) is 2.15. The summed E-state index contributed by atoms with van der Waals surface area (Å²) in [5, 5.41) is 11.6. The number of Topliss-reactive ketones (excluding diaryl/α,β-unsaturated/α-hetero) is 1. The van der Waals surface area contributed by atoms with E-state index in [4.69, 9.17) is 10.00 Å². The van der Waals surface area contributed by atoms with Gasteiger partial charge in [-0.2, -0.15) is 5.26 Å². The molecule has 0 spiro atoms. The Balaban J connectivity index is 2.81. The molecule has 1 N–H and O–H groups in total. The van der Waals surface area contributed by atoms with Crippen molar-refractivity contribution in [1.82, 2.24) is 0 Å². The number of rotatable bonds is 8. The van der Waals surface area contributed by atoms with Crippen molar-refractivity contribution in [3.05, 3.63) is 36.9 Å². The first-order chi connectivity index (χ1) is 10.1. The minimum Gasteiger partial charge on any atom is -0.492 e. The van der Waals surface area contributed by atoms with Crippen LogP contribution in [0.25, 0.3) is 0 Å². The molecule has 5 heteroatoms. The molecule has 0 heterocycles. The second-order valence-corrected chi connectivity index (χ2v) is 4.27. The van der Waals surface area contributed by atoms with Gasteiger partial charge < -0.3 is 10.1 Å². The van der Waals surface area contributed by atoms with E-state index in [1.54, 1.807) is 36.4 Å². The lowest BCUT2D eigenvalue weighted by atomic mass is 10.0. The molecule has 1 aromatic carbocycles. The summed E-state index contributed by atoms with van der Waals surface area (Å²) in [6, 6.07) is 8.62. The van der Waals surface area contributed by atoms with Crippen molar-refractivity contribution < 1.29 is 14.3 Å². The Morgan fingerprint density at radius 3 is 2.81 bits per heavy atom. The number of amides is 1. The Morgan fingerprint density at radius 2 is 2.19 bits per heavy atom. The Bertz CT molecular complexity index is 561. The number of ketones is 1. The number of ether oxygens (including phenoxy) is 1. The maximum absolute atomic E-state index is 12.1. The largest absolute Gasteiger partial charge is 0.492 e. The molecule has 0 aliphatic carbocycles. The van der Waals surface area contributed by atoms with Crippen molar-refractivity contribution in [2.24, 2.45) is 5.92 Å². The summed E-state index contributed by atoms with van der Waals surface area (Å²) in [5.41, 5.74) is 0.445. The van der Waals surface area contributed by atoms with Crippen molar-refractivity contribution in [2.45, 2.75) is 19.8 Å². The second-order valence-electron chi connectivity index (χ2n) is 4.27. The third kappa shape index (κ3) is 4.77. The highest BCUT2D eigenvalue weighted by atomic mass is 16.5. The van der Waals surface area contributed by atoms with Gasteiger partial charge >= 0.3 is 0 Å². The summed E-state index contributed by atoms with van der Waals surface area (Å²) in [7, 11) is 0. The quantitative estimate of drug-likeness (QED) is 0.588. The van der Waals surface area contributed by atoms with E-state index in [1.165, 1.54) is 0 Å². The van der Waals surface area contributed by atoms with E-state index in [2.05, 4.69) is 11.9 Å². The Labute approximate surface area is 124 Å². The zero-order chi connectivity index (χ0) is 15.7. The third-order valence-corrected chi connectivity index (χ3v) is 2.75. The molecule has 0 saturated heterocycles.